The third-order valence-corrected chi connectivity index (χ3v) is 4.27. The Bertz CT molecular complexity index is 559. The highest BCUT2D eigenvalue weighted by Gasteiger charge is 2.12. The van der Waals surface area contributed by atoms with E-state index in [2.05, 4.69) is 22.6 Å². The number of hydrogen-bond donors (Lipinski definition) is 1. The summed E-state index contributed by atoms with van der Waals surface area (Å²) in [5.74, 6) is -0.298. The highest BCUT2D eigenvalue weighted by atomic mass is 127. The van der Waals surface area contributed by atoms with E-state index in [1.165, 1.54) is 6.07 Å². The molecule has 1 atom stereocenters. The van der Waals surface area contributed by atoms with Crippen molar-refractivity contribution in [3.05, 3.63) is 68.0 Å². The normalized spacial score (nSPS) is 12.4. The van der Waals surface area contributed by atoms with Crippen LogP contribution in [0, 0.1) is 9.39 Å². The smallest absolute Gasteiger partial charge is 0.126 e. The highest BCUT2D eigenvalue weighted by Crippen LogP contribution is 2.25. The van der Waals surface area contributed by atoms with Crippen LogP contribution in [0.25, 0.3) is 0 Å². The van der Waals surface area contributed by atoms with Crippen LogP contribution < -0.4 is 0 Å². The molecule has 0 saturated heterocycles. The predicted molar refractivity (Wildman–Crippen MR) is 79.2 cm³/mol. The average Bonchev–Trinajstić information content (AvgIpc) is 2.35. The second-order valence-electron chi connectivity index (χ2n) is 3.98. The number of aliphatic hydroxyl groups excluding tert-OH is 1. The number of aliphatic hydroxyl groups is 1. The molecule has 0 saturated carbocycles. The molecule has 94 valence electrons. The maximum absolute atomic E-state index is 13.5. The summed E-state index contributed by atoms with van der Waals surface area (Å²) in [4.78, 5) is 0. The number of halogens is 3. The van der Waals surface area contributed by atoms with Crippen molar-refractivity contribution < 1.29 is 9.50 Å². The van der Waals surface area contributed by atoms with E-state index < -0.39 is 6.10 Å². The van der Waals surface area contributed by atoms with Gasteiger partial charge >= 0.3 is 0 Å². The van der Waals surface area contributed by atoms with Gasteiger partial charge in [0.1, 0.15) is 5.82 Å². The standard InChI is InChI=1S/C14H11ClFIO/c15-11-7-10(5-6-13(11)17)14(18)8-9-3-1-2-4-12(9)16/h1-7,14,18H,8H2. The molecule has 1 unspecified atom stereocenters. The zero-order valence-corrected chi connectivity index (χ0v) is 12.3. The minimum Gasteiger partial charge on any atom is -0.388 e. The minimum absolute atomic E-state index is 0.240. The van der Waals surface area contributed by atoms with Gasteiger partial charge in [0, 0.05) is 9.99 Å². The summed E-state index contributed by atoms with van der Waals surface area (Å²) >= 11 is 8.12. The van der Waals surface area contributed by atoms with Crippen LogP contribution in [0.2, 0.25) is 5.02 Å². The monoisotopic (exact) mass is 376 g/mol. The Balaban J connectivity index is 2.19. The van der Waals surface area contributed by atoms with Gasteiger partial charge in [0.05, 0.1) is 11.1 Å². The molecule has 0 fully saturated rings. The molecule has 0 aliphatic heterocycles. The van der Waals surface area contributed by atoms with Gasteiger partial charge in [-0.1, -0.05) is 35.9 Å². The van der Waals surface area contributed by atoms with Crippen molar-refractivity contribution in [3.8, 4) is 0 Å². The van der Waals surface area contributed by atoms with E-state index in [1.807, 2.05) is 6.07 Å². The lowest BCUT2D eigenvalue weighted by Gasteiger charge is -2.12. The molecule has 0 bridgehead atoms. The molecule has 18 heavy (non-hydrogen) atoms. The molecule has 1 N–H and O–H groups in total. The molecule has 0 radical (unpaired) electrons. The van der Waals surface area contributed by atoms with Gasteiger partial charge in [-0.3, -0.25) is 0 Å². The fraction of sp³-hybridized carbons (Fsp3) is 0.143. The maximum atomic E-state index is 13.5. The SMILES string of the molecule is OC(Cc1ccccc1F)c1ccc(I)c(Cl)c1. The van der Waals surface area contributed by atoms with E-state index in [9.17, 15) is 9.50 Å². The Hall–Kier alpha value is -0.650. The van der Waals surface area contributed by atoms with E-state index in [0.29, 0.717) is 16.1 Å². The quantitative estimate of drug-likeness (QED) is 0.789. The van der Waals surface area contributed by atoms with Gasteiger partial charge in [0.2, 0.25) is 0 Å². The summed E-state index contributed by atoms with van der Waals surface area (Å²) in [5, 5.41) is 10.7. The third-order valence-electron chi connectivity index (χ3n) is 2.70. The molecule has 0 spiro atoms. The van der Waals surface area contributed by atoms with Crippen molar-refractivity contribution in [1.82, 2.24) is 0 Å². The Morgan fingerprint density at radius 2 is 1.94 bits per heavy atom. The van der Waals surface area contributed by atoms with Gasteiger partial charge in [-0.15, -0.1) is 0 Å². The van der Waals surface area contributed by atoms with Gasteiger partial charge < -0.3 is 5.11 Å². The molecule has 0 heterocycles. The first-order valence-electron chi connectivity index (χ1n) is 5.44. The third kappa shape index (κ3) is 3.22. The summed E-state index contributed by atoms with van der Waals surface area (Å²) in [7, 11) is 0. The highest BCUT2D eigenvalue weighted by molar-refractivity contribution is 14.1. The Labute approximate surface area is 124 Å². The second kappa shape index (κ2) is 5.99. The molecular formula is C14H11ClFIO. The first-order valence-corrected chi connectivity index (χ1v) is 6.90. The lowest BCUT2D eigenvalue weighted by atomic mass is 10.0. The van der Waals surface area contributed by atoms with Crippen LogP contribution in [0.4, 0.5) is 4.39 Å². The van der Waals surface area contributed by atoms with Crippen molar-refractivity contribution in [2.75, 3.05) is 0 Å². The van der Waals surface area contributed by atoms with Crippen molar-refractivity contribution >= 4 is 34.2 Å². The van der Waals surface area contributed by atoms with Crippen molar-refractivity contribution in [3.63, 3.8) is 0 Å². The Morgan fingerprint density at radius 1 is 1.22 bits per heavy atom. The van der Waals surface area contributed by atoms with Gasteiger partial charge in [-0.2, -0.15) is 0 Å². The second-order valence-corrected chi connectivity index (χ2v) is 5.55. The fourth-order valence-corrected chi connectivity index (χ4v) is 2.23. The van der Waals surface area contributed by atoms with Gasteiger partial charge in [0.25, 0.3) is 0 Å². The lowest BCUT2D eigenvalue weighted by Crippen LogP contribution is -2.03. The Morgan fingerprint density at radius 3 is 2.61 bits per heavy atom. The molecular weight excluding hydrogens is 366 g/mol. The van der Waals surface area contributed by atoms with E-state index in [4.69, 9.17) is 11.6 Å². The first-order chi connectivity index (χ1) is 8.58. The van der Waals surface area contributed by atoms with Crippen LogP contribution in [0.5, 0.6) is 0 Å². The molecule has 2 aromatic rings. The average molecular weight is 377 g/mol. The molecule has 2 rings (SSSR count). The number of rotatable bonds is 3. The topological polar surface area (TPSA) is 20.2 Å². The van der Waals surface area contributed by atoms with Crippen LogP contribution in [0.15, 0.2) is 42.5 Å². The van der Waals surface area contributed by atoms with Gasteiger partial charge in [-0.25, -0.2) is 4.39 Å². The van der Waals surface area contributed by atoms with Gasteiger partial charge in [-0.05, 0) is 51.9 Å². The molecule has 2 aromatic carbocycles. The molecule has 0 aliphatic carbocycles. The van der Waals surface area contributed by atoms with Crippen LogP contribution in [-0.2, 0) is 6.42 Å². The van der Waals surface area contributed by atoms with E-state index in [-0.39, 0.29) is 12.2 Å². The number of benzene rings is 2. The van der Waals surface area contributed by atoms with Crippen molar-refractivity contribution in [1.29, 1.82) is 0 Å². The summed E-state index contributed by atoms with van der Waals surface area (Å²) in [5.41, 5.74) is 1.20. The summed E-state index contributed by atoms with van der Waals surface area (Å²) < 4.78 is 14.4. The molecule has 4 heteroatoms. The van der Waals surface area contributed by atoms with E-state index in [1.54, 1.807) is 30.3 Å². The first kappa shape index (κ1) is 13.8. The van der Waals surface area contributed by atoms with Gasteiger partial charge in [0.15, 0.2) is 0 Å². The Kier molecular flexibility index (Phi) is 4.59. The van der Waals surface area contributed by atoms with Crippen LogP contribution in [0.1, 0.15) is 17.2 Å². The van der Waals surface area contributed by atoms with E-state index in [0.717, 1.165) is 3.57 Å². The van der Waals surface area contributed by atoms with Crippen molar-refractivity contribution in [2.24, 2.45) is 0 Å². The summed E-state index contributed by atoms with van der Waals surface area (Å²) in [6, 6.07) is 11.8. The summed E-state index contributed by atoms with van der Waals surface area (Å²) in [6.45, 7) is 0. The predicted octanol–water partition coefficient (Wildman–Crippen LogP) is 4.36. The van der Waals surface area contributed by atoms with Crippen LogP contribution >= 0.6 is 34.2 Å². The maximum Gasteiger partial charge on any atom is 0.126 e. The number of hydrogen-bond acceptors (Lipinski definition) is 1. The summed E-state index contributed by atoms with van der Waals surface area (Å²) in [6.07, 6.45) is -0.514. The largest absolute Gasteiger partial charge is 0.388 e. The van der Waals surface area contributed by atoms with E-state index >= 15 is 0 Å². The molecule has 0 aromatic heterocycles. The molecule has 1 nitrogen and oxygen atoms in total. The fourth-order valence-electron chi connectivity index (χ4n) is 1.71. The zero-order chi connectivity index (χ0) is 13.1. The lowest BCUT2D eigenvalue weighted by molar-refractivity contribution is 0.177. The minimum atomic E-state index is -0.753. The molecule has 0 amide bonds. The zero-order valence-electron chi connectivity index (χ0n) is 9.41. The van der Waals surface area contributed by atoms with Crippen molar-refractivity contribution in [2.45, 2.75) is 12.5 Å². The van der Waals surface area contributed by atoms with Crippen LogP contribution in [-0.4, -0.2) is 5.11 Å². The molecule has 0 aliphatic rings. The van der Waals surface area contributed by atoms with Crippen LogP contribution in [0.3, 0.4) is 0 Å².